The third-order valence-corrected chi connectivity index (χ3v) is 9.53. The minimum atomic E-state index is -0.786. The van der Waals surface area contributed by atoms with Crippen LogP contribution in [0.4, 0.5) is 4.39 Å². The average molecular weight is 620 g/mol. The van der Waals surface area contributed by atoms with Crippen LogP contribution in [0, 0.1) is 25.6 Å². The van der Waals surface area contributed by atoms with E-state index in [0.29, 0.717) is 24.0 Å². The summed E-state index contributed by atoms with van der Waals surface area (Å²) in [5.41, 5.74) is 6.72. The lowest BCUT2D eigenvalue weighted by Gasteiger charge is -2.35. The summed E-state index contributed by atoms with van der Waals surface area (Å²) >= 11 is 1.61. The number of carbonyl (C=O) groups excluding carboxylic acids is 3. The van der Waals surface area contributed by atoms with E-state index in [2.05, 4.69) is 30.1 Å². The van der Waals surface area contributed by atoms with Crippen molar-refractivity contribution in [1.82, 2.24) is 14.8 Å². The zero-order valence-electron chi connectivity index (χ0n) is 26.6. The SMILES string of the molecule is Cc1cc(-c2scnc2C)ccc1CCC(=O)[C@@H]1C[C@@H](OC(C)(C)C)CN1C(=O)[C@H](C(C)C)N1Cc2ccc(F)cc2C1=O. The molecular weight excluding hydrogens is 577 g/mol. The summed E-state index contributed by atoms with van der Waals surface area (Å²) in [5, 5.41) is 0. The van der Waals surface area contributed by atoms with Gasteiger partial charge in [0.2, 0.25) is 5.91 Å². The lowest BCUT2D eigenvalue weighted by atomic mass is 9.96. The number of rotatable bonds is 9. The van der Waals surface area contributed by atoms with Gasteiger partial charge in [0.05, 0.1) is 33.8 Å². The molecule has 2 amide bonds. The average Bonchev–Trinajstić information content (AvgIpc) is 3.64. The van der Waals surface area contributed by atoms with Crippen molar-refractivity contribution in [2.24, 2.45) is 5.92 Å². The van der Waals surface area contributed by atoms with Crippen LogP contribution in [0.25, 0.3) is 10.4 Å². The summed E-state index contributed by atoms with van der Waals surface area (Å²) in [6, 6.07) is 9.04. The minimum Gasteiger partial charge on any atom is -0.371 e. The molecule has 0 bridgehead atoms. The van der Waals surface area contributed by atoms with Crippen LogP contribution in [-0.2, 0) is 27.3 Å². The van der Waals surface area contributed by atoms with E-state index < -0.39 is 23.5 Å². The van der Waals surface area contributed by atoms with Crippen molar-refractivity contribution in [1.29, 1.82) is 0 Å². The topological polar surface area (TPSA) is 79.8 Å². The Morgan fingerprint density at radius 1 is 1.14 bits per heavy atom. The lowest BCUT2D eigenvalue weighted by molar-refractivity contribution is -0.143. The number of aryl methyl sites for hydroxylation is 3. The Morgan fingerprint density at radius 3 is 2.52 bits per heavy atom. The first-order valence-electron chi connectivity index (χ1n) is 15.3. The van der Waals surface area contributed by atoms with Gasteiger partial charge in [0.25, 0.3) is 5.91 Å². The Bertz CT molecular complexity index is 1580. The number of thiazole rings is 1. The fourth-order valence-electron chi connectivity index (χ4n) is 6.52. The third kappa shape index (κ3) is 6.64. The molecule has 1 fully saturated rings. The monoisotopic (exact) mass is 619 g/mol. The molecule has 1 saturated heterocycles. The molecule has 44 heavy (non-hydrogen) atoms. The molecular formula is C35H42FN3O4S. The number of nitrogens with zero attached hydrogens (tertiary/aromatic N) is 3. The number of aromatic nitrogens is 1. The highest BCUT2D eigenvalue weighted by molar-refractivity contribution is 7.13. The van der Waals surface area contributed by atoms with Crippen LogP contribution in [0.15, 0.2) is 41.9 Å². The van der Waals surface area contributed by atoms with Gasteiger partial charge in [-0.1, -0.05) is 38.1 Å². The number of benzene rings is 2. The normalized spacial score (nSPS) is 19.2. The highest BCUT2D eigenvalue weighted by Gasteiger charge is 2.46. The van der Waals surface area contributed by atoms with E-state index in [1.165, 1.54) is 17.0 Å². The van der Waals surface area contributed by atoms with Gasteiger partial charge in [0, 0.05) is 31.5 Å². The van der Waals surface area contributed by atoms with Crippen molar-refractivity contribution in [2.75, 3.05) is 6.54 Å². The van der Waals surface area contributed by atoms with Gasteiger partial charge in [-0.15, -0.1) is 11.3 Å². The number of hydrogen-bond acceptors (Lipinski definition) is 6. The van der Waals surface area contributed by atoms with Gasteiger partial charge in [-0.05, 0) is 81.3 Å². The summed E-state index contributed by atoms with van der Waals surface area (Å²) in [7, 11) is 0. The number of hydrogen-bond donors (Lipinski definition) is 0. The summed E-state index contributed by atoms with van der Waals surface area (Å²) < 4.78 is 20.2. The van der Waals surface area contributed by atoms with Gasteiger partial charge in [-0.25, -0.2) is 9.37 Å². The molecule has 0 radical (unpaired) electrons. The molecule has 2 aliphatic heterocycles. The highest BCUT2D eigenvalue weighted by Crippen LogP contribution is 2.33. The maximum atomic E-state index is 14.3. The molecule has 3 heterocycles. The number of ketones is 1. The molecule has 0 N–H and O–H groups in total. The second-order valence-corrected chi connectivity index (χ2v) is 14.2. The zero-order valence-corrected chi connectivity index (χ0v) is 27.5. The van der Waals surface area contributed by atoms with Gasteiger partial charge in [0.15, 0.2) is 5.78 Å². The number of fused-ring (bicyclic) bond motifs is 1. The summed E-state index contributed by atoms with van der Waals surface area (Å²) in [5.74, 6) is -1.33. The van der Waals surface area contributed by atoms with Crippen molar-refractivity contribution >= 4 is 28.9 Å². The predicted molar refractivity (Wildman–Crippen MR) is 170 cm³/mol. The first-order chi connectivity index (χ1) is 20.7. The molecule has 0 aliphatic carbocycles. The molecule has 0 unspecified atom stereocenters. The summed E-state index contributed by atoms with van der Waals surface area (Å²) in [6.07, 6.45) is 0.963. The quantitative estimate of drug-likeness (QED) is 0.272. The molecule has 0 saturated carbocycles. The molecule has 1 aromatic heterocycles. The summed E-state index contributed by atoms with van der Waals surface area (Å²) in [4.78, 5) is 50.2. The van der Waals surface area contributed by atoms with Gasteiger partial charge in [0.1, 0.15) is 11.9 Å². The number of amides is 2. The predicted octanol–water partition coefficient (Wildman–Crippen LogP) is 6.53. The van der Waals surface area contributed by atoms with Crippen LogP contribution in [0.1, 0.15) is 80.2 Å². The van der Waals surface area contributed by atoms with Crippen molar-refractivity contribution < 1.29 is 23.5 Å². The largest absolute Gasteiger partial charge is 0.371 e. The van der Waals surface area contributed by atoms with Gasteiger partial charge < -0.3 is 14.5 Å². The molecule has 3 atom stereocenters. The second kappa shape index (κ2) is 12.5. The molecule has 5 rings (SSSR count). The van der Waals surface area contributed by atoms with Crippen molar-refractivity contribution in [3.05, 3.63) is 75.7 Å². The Morgan fingerprint density at radius 2 is 1.89 bits per heavy atom. The van der Waals surface area contributed by atoms with E-state index in [0.717, 1.165) is 27.3 Å². The maximum absolute atomic E-state index is 14.3. The zero-order chi connectivity index (χ0) is 31.9. The van der Waals surface area contributed by atoms with Crippen molar-refractivity contribution in [3.8, 4) is 10.4 Å². The van der Waals surface area contributed by atoms with Crippen LogP contribution >= 0.6 is 11.3 Å². The van der Waals surface area contributed by atoms with Crippen molar-refractivity contribution in [2.45, 2.75) is 98.1 Å². The molecule has 234 valence electrons. The first-order valence-corrected chi connectivity index (χ1v) is 16.2. The number of halogens is 1. The standard InChI is InChI=1S/C35H42FN3O4S/c1-20(2)31(39-17-25-10-12-26(36)15-28(25)33(39)41)34(42)38-18-27(43-35(5,6)7)16-29(38)30(40)13-11-23-8-9-24(14-21(23)3)32-22(4)37-19-44-32/h8-10,12,14-15,19-20,27,29,31H,11,13,16-18H2,1-7H3/t27-,29+,31+/m1/s1. The smallest absolute Gasteiger partial charge is 0.255 e. The lowest BCUT2D eigenvalue weighted by Crippen LogP contribution is -2.54. The summed E-state index contributed by atoms with van der Waals surface area (Å²) in [6.45, 7) is 14.3. The Labute approximate surface area is 263 Å². The number of ether oxygens (including phenoxy) is 1. The van der Waals surface area contributed by atoms with E-state index in [-0.39, 0.29) is 49.1 Å². The molecule has 3 aromatic rings. The molecule has 2 aromatic carbocycles. The molecule has 2 aliphatic rings. The fraction of sp³-hybridized carbons (Fsp3) is 0.486. The Kier molecular flexibility index (Phi) is 9.10. The van der Waals surface area contributed by atoms with E-state index in [4.69, 9.17) is 4.74 Å². The van der Waals surface area contributed by atoms with E-state index in [9.17, 15) is 18.8 Å². The molecule has 0 spiro atoms. The van der Waals surface area contributed by atoms with Crippen LogP contribution in [0.2, 0.25) is 0 Å². The van der Waals surface area contributed by atoms with Crippen LogP contribution in [0.3, 0.4) is 0 Å². The van der Waals surface area contributed by atoms with Crippen molar-refractivity contribution in [3.63, 3.8) is 0 Å². The van der Waals surface area contributed by atoms with E-state index in [1.54, 1.807) is 22.3 Å². The molecule has 7 nitrogen and oxygen atoms in total. The van der Waals surface area contributed by atoms with Gasteiger partial charge >= 0.3 is 0 Å². The van der Waals surface area contributed by atoms with Crippen LogP contribution in [0.5, 0.6) is 0 Å². The maximum Gasteiger partial charge on any atom is 0.255 e. The van der Waals surface area contributed by atoms with Crippen LogP contribution < -0.4 is 0 Å². The van der Waals surface area contributed by atoms with E-state index >= 15 is 0 Å². The third-order valence-electron chi connectivity index (χ3n) is 8.55. The fourth-order valence-corrected chi connectivity index (χ4v) is 7.32. The van der Waals surface area contributed by atoms with Crippen LogP contribution in [-0.4, -0.2) is 62.7 Å². The van der Waals surface area contributed by atoms with Gasteiger partial charge in [-0.3, -0.25) is 14.4 Å². The van der Waals surface area contributed by atoms with Gasteiger partial charge in [-0.2, -0.15) is 0 Å². The minimum absolute atomic E-state index is 0.0132. The Balaban J connectivity index is 1.35. The Hall–Kier alpha value is -3.43. The number of likely N-dealkylation sites (tertiary alicyclic amines) is 1. The van der Waals surface area contributed by atoms with E-state index in [1.807, 2.05) is 47.1 Å². The highest BCUT2D eigenvalue weighted by atomic mass is 32.1. The number of Topliss-reactive ketones (excluding diaryl/α,β-unsaturated/α-hetero) is 1. The first kappa shape index (κ1) is 32.0. The number of carbonyl (C=O) groups is 3. The second-order valence-electron chi connectivity index (χ2n) is 13.4. The molecule has 9 heteroatoms.